The number of carbonyl (C=O) groups is 4. The molecule has 294 valence electrons. The molecule has 3 unspecified atom stereocenters. The quantitative estimate of drug-likeness (QED) is 0.0569. The molecule has 2 heterocycles. The maximum Gasteiger partial charge on any atom is 0.326 e. The van der Waals surface area contributed by atoms with Gasteiger partial charge < -0.3 is 29.3 Å². The molecule has 52 heavy (non-hydrogen) atoms. The van der Waals surface area contributed by atoms with E-state index >= 15 is 0 Å². The third-order valence-electron chi connectivity index (χ3n) is 11.7. The van der Waals surface area contributed by atoms with Gasteiger partial charge in [0.1, 0.15) is 6.04 Å². The van der Waals surface area contributed by atoms with E-state index in [1.807, 2.05) is 20.1 Å². The number of hydrogen-bond donors (Lipinski definition) is 2. The maximum absolute atomic E-state index is 13.4. The summed E-state index contributed by atoms with van der Waals surface area (Å²) in [6, 6.07) is -1.10. The summed E-state index contributed by atoms with van der Waals surface area (Å²) in [5, 5.41) is 21.1. The molecule has 3 fully saturated rings. The van der Waals surface area contributed by atoms with E-state index in [9.17, 15) is 29.4 Å². The van der Waals surface area contributed by atoms with Gasteiger partial charge in [0.25, 0.3) is 11.7 Å². The van der Waals surface area contributed by atoms with Crippen molar-refractivity contribution < 1.29 is 43.6 Å². The number of ether oxygens (including phenoxy) is 3. The summed E-state index contributed by atoms with van der Waals surface area (Å²) in [6.45, 7) is 12.2. The molecule has 0 spiro atoms. The number of likely N-dealkylation sites (tertiary alicyclic amines) is 1. The maximum atomic E-state index is 13.4. The van der Waals surface area contributed by atoms with Crippen molar-refractivity contribution in [1.29, 1.82) is 0 Å². The smallest absolute Gasteiger partial charge is 0.326 e. The van der Waals surface area contributed by atoms with Gasteiger partial charge in [-0.1, -0.05) is 70.4 Å². The van der Waals surface area contributed by atoms with Gasteiger partial charge in [0.15, 0.2) is 5.78 Å². The minimum absolute atomic E-state index is 0.124. The molecule has 10 heteroatoms. The molecule has 2 saturated heterocycles. The summed E-state index contributed by atoms with van der Waals surface area (Å²) < 4.78 is 17.3. The fraction of sp³-hybridized carbons (Fsp3) is 0.762. The molecule has 10 nitrogen and oxygen atoms in total. The monoisotopic (exact) mass is 729 g/mol. The highest BCUT2D eigenvalue weighted by atomic mass is 16.7. The predicted octanol–water partition coefficient (Wildman–Crippen LogP) is 7.38. The first-order chi connectivity index (χ1) is 24.7. The summed E-state index contributed by atoms with van der Waals surface area (Å²) in [5.41, 5.74) is 1.73. The van der Waals surface area contributed by atoms with Crippen LogP contribution in [0.1, 0.15) is 130 Å². The molecule has 3 aliphatic rings. The summed E-state index contributed by atoms with van der Waals surface area (Å²) in [4.78, 5) is 52.8. The Labute approximate surface area is 312 Å². The molecule has 2 N–H and O–H groups in total. The van der Waals surface area contributed by atoms with Crippen LogP contribution >= 0.6 is 0 Å². The number of amides is 1. The lowest BCUT2D eigenvalue weighted by Gasteiger charge is -2.45. The zero-order chi connectivity index (χ0) is 38.4. The number of unbranched alkanes of at least 4 members (excludes halogenated alkanes) is 1. The second kappa shape index (κ2) is 21.3. The molecule has 0 aromatic rings. The van der Waals surface area contributed by atoms with Gasteiger partial charge in [0.2, 0.25) is 5.79 Å². The van der Waals surface area contributed by atoms with E-state index in [4.69, 9.17) is 14.2 Å². The molecule has 0 aromatic carbocycles. The summed E-state index contributed by atoms with van der Waals surface area (Å²) >= 11 is 0. The van der Waals surface area contributed by atoms with E-state index in [0.717, 1.165) is 42.1 Å². The van der Waals surface area contributed by atoms with Gasteiger partial charge >= 0.3 is 5.97 Å². The number of ketones is 2. The fourth-order valence-electron chi connectivity index (χ4n) is 8.67. The third-order valence-corrected chi connectivity index (χ3v) is 11.7. The highest BCUT2D eigenvalue weighted by molar-refractivity contribution is 6.39. The number of allylic oxidation sites excluding steroid dienone is 5. The van der Waals surface area contributed by atoms with Gasteiger partial charge in [-0.3, -0.25) is 14.4 Å². The topological polar surface area (TPSA) is 140 Å². The Hall–Kier alpha value is -2.66. The third kappa shape index (κ3) is 12.5. The molecule has 3 rings (SSSR count). The van der Waals surface area contributed by atoms with Crippen LogP contribution in [-0.4, -0.2) is 89.5 Å². The number of methoxy groups -OCH3 is 2. The van der Waals surface area contributed by atoms with E-state index in [-0.39, 0.29) is 24.9 Å². The number of carboxylic acid groups (broad SMARTS) is 1. The van der Waals surface area contributed by atoms with Crippen LogP contribution in [0.2, 0.25) is 0 Å². The fourth-order valence-corrected chi connectivity index (χ4v) is 8.67. The lowest BCUT2D eigenvalue weighted by Crippen LogP contribution is -2.62. The Kier molecular flexibility index (Phi) is 17.9. The SMILES string of the molecule is C=C/C=C(\C=C(/C)CCCC[C@H]1O[C@@](O)(C(=O)C(=O)N2CCCCC2C(=O)O)[C@H](C)C[C@@H]1OC)C(=O)CC[C@@H](C)CC(C)CC1CCC[C@H](OC)C1. The predicted molar refractivity (Wildman–Crippen MR) is 201 cm³/mol. The standard InChI is InChI=1S/C42H67NO9/c1-8-14-33(36(44)21-20-29(3)23-30(4)24-32-16-13-17-34(27-32)50-6)25-28(2)15-9-10-19-37-38(51-7)26-31(5)42(49,52-37)39(45)40(46)43-22-12-11-18-35(43)41(47)48/h8,14,25,29-32,34-35,37-38,49H,1,9-13,15-24,26-27H2,2-7H3,(H,47,48)/b28-25+,33-14+/t29-,30?,31-,32?,34+,35?,37-,38+,42-/m1/s1. The second-order valence-electron chi connectivity index (χ2n) is 16.1. The molecule has 0 bridgehead atoms. The Balaban J connectivity index is 1.49. The largest absolute Gasteiger partial charge is 0.480 e. The van der Waals surface area contributed by atoms with Crippen molar-refractivity contribution in [2.24, 2.45) is 23.7 Å². The average molecular weight is 730 g/mol. The van der Waals surface area contributed by atoms with Crippen LogP contribution in [0.3, 0.4) is 0 Å². The van der Waals surface area contributed by atoms with E-state index < -0.39 is 41.5 Å². The van der Waals surface area contributed by atoms with Crippen LogP contribution in [0.15, 0.2) is 36.0 Å². The van der Waals surface area contributed by atoms with Gasteiger partial charge in [0.05, 0.1) is 18.3 Å². The lowest BCUT2D eigenvalue weighted by molar-refractivity contribution is -0.286. The zero-order valence-corrected chi connectivity index (χ0v) is 32.8. The van der Waals surface area contributed by atoms with E-state index in [0.29, 0.717) is 62.0 Å². The van der Waals surface area contributed by atoms with Crippen LogP contribution in [-0.2, 0) is 33.4 Å². The molecule has 0 aromatic heterocycles. The first-order valence-electron chi connectivity index (χ1n) is 19.8. The van der Waals surface area contributed by atoms with Crippen LogP contribution < -0.4 is 0 Å². The van der Waals surface area contributed by atoms with E-state index in [1.54, 1.807) is 26.2 Å². The summed E-state index contributed by atoms with van der Waals surface area (Å²) in [7, 11) is 3.38. The number of hydrogen-bond acceptors (Lipinski definition) is 8. The molecular formula is C42H67NO9. The van der Waals surface area contributed by atoms with Gasteiger partial charge in [-0.05, 0) is 102 Å². The number of rotatable bonds is 20. The van der Waals surface area contributed by atoms with Crippen LogP contribution in [0, 0.1) is 23.7 Å². The number of Topliss-reactive ketones (excluding diaryl/α,β-unsaturated/α-hetero) is 2. The molecule has 1 amide bonds. The number of piperidine rings is 1. The Morgan fingerprint density at radius 3 is 2.42 bits per heavy atom. The van der Waals surface area contributed by atoms with Crippen molar-refractivity contribution in [3.05, 3.63) is 36.0 Å². The first-order valence-corrected chi connectivity index (χ1v) is 19.8. The molecule has 1 saturated carbocycles. The van der Waals surface area contributed by atoms with Crippen molar-refractivity contribution in [3.63, 3.8) is 0 Å². The Morgan fingerprint density at radius 1 is 1.00 bits per heavy atom. The van der Waals surface area contributed by atoms with Gasteiger partial charge in [-0.15, -0.1) is 0 Å². The minimum atomic E-state index is -2.36. The summed E-state index contributed by atoms with van der Waals surface area (Å²) in [5.74, 6) is -4.44. The number of aliphatic carboxylic acids is 1. The van der Waals surface area contributed by atoms with E-state index in [2.05, 4.69) is 20.4 Å². The van der Waals surface area contributed by atoms with Crippen molar-refractivity contribution >= 4 is 23.4 Å². The van der Waals surface area contributed by atoms with Crippen molar-refractivity contribution in [2.75, 3.05) is 20.8 Å². The molecular weight excluding hydrogens is 662 g/mol. The van der Waals surface area contributed by atoms with E-state index in [1.165, 1.54) is 32.1 Å². The zero-order valence-electron chi connectivity index (χ0n) is 32.8. The van der Waals surface area contributed by atoms with Gasteiger partial charge in [0, 0.05) is 38.7 Å². The summed E-state index contributed by atoms with van der Waals surface area (Å²) in [6.07, 6.45) is 17.9. The first kappa shape index (κ1) is 43.7. The normalized spacial score (nSPS) is 30.0. The average Bonchev–Trinajstić information content (AvgIpc) is 3.12. The minimum Gasteiger partial charge on any atom is -0.480 e. The van der Waals surface area contributed by atoms with Crippen molar-refractivity contribution in [1.82, 2.24) is 4.90 Å². The number of carbonyl (C=O) groups excluding carboxylic acids is 3. The molecule has 0 radical (unpaired) electrons. The lowest BCUT2D eigenvalue weighted by atomic mass is 9.79. The highest BCUT2D eigenvalue weighted by Gasteiger charge is 2.54. The van der Waals surface area contributed by atoms with Crippen LogP contribution in [0.4, 0.5) is 0 Å². The van der Waals surface area contributed by atoms with Crippen LogP contribution in [0.5, 0.6) is 0 Å². The Bertz CT molecular complexity index is 1280. The Morgan fingerprint density at radius 2 is 1.75 bits per heavy atom. The number of nitrogens with zero attached hydrogens (tertiary/aromatic N) is 1. The van der Waals surface area contributed by atoms with Crippen molar-refractivity contribution in [2.45, 2.75) is 161 Å². The van der Waals surface area contributed by atoms with Gasteiger partial charge in [-0.2, -0.15) is 0 Å². The molecule has 1 aliphatic carbocycles. The molecule has 9 atom stereocenters. The van der Waals surface area contributed by atoms with Gasteiger partial charge in [-0.25, -0.2) is 4.79 Å². The number of carboxylic acids is 1. The number of aliphatic hydroxyl groups is 1. The molecule has 2 aliphatic heterocycles. The highest BCUT2D eigenvalue weighted by Crippen LogP contribution is 2.38. The van der Waals surface area contributed by atoms with Crippen molar-refractivity contribution in [3.8, 4) is 0 Å². The van der Waals surface area contributed by atoms with Crippen LogP contribution in [0.25, 0.3) is 0 Å². The second-order valence-corrected chi connectivity index (χ2v) is 16.1.